The lowest BCUT2D eigenvalue weighted by Gasteiger charge is -1.98. The summed E-state index contributed by atoms with van der Waals surface area (Å²) in [7, 11) is 0.331. The maximum absolute atomic E-state index is 9.22. The van der Waals surface area contributed by atoms with Gasteiger partial charge in [0.25, 0.3) is 0 Å². The molecule has 1 aromatic carbocycles. The molecule has 106 valence electrons. The fourth-order valence-electron chi connectivity index (χ4n) is 1.64. The number of aryl methyl sites for hydroxylation is 2. The number of benzene rings is 1. The summed E-state index contributed by atoms with van der Waals surface area (Å²) in [5, 5.41) is 0.673. The molecule has 0 radical (unpaired) electrons. The van der Waals surface area contributed by atoms with E-state index in [1.165, 1.54) is 0 Å². The van der Waals surface area contributed by atoms with Crippen LogP contribution in [0.4, 0.5) is 5.69 Å². The Hall–Kier alpha value is -1.35. The Morgan fingerprint density at radius 1 is 1.47 bits per heavy atom. The van der Waals surface area contributed by atoms with E-state index in [2.05, 4.69) is 4.18 Å². The Kier molecular flexibility index (Phi) is 4.75. The van der Waals surface area contributed by atoms with Gasteiger partial charge in [-0.1, -0.05) is 11.6 Å². The zero-order valence-electron chi connectivity index (χ0n) is 10.6. The molecule has 1 aromatic heterocycles. The number of hydrogen-bond acceptors (Lipinski definition) is 5. The Balaban J connectivity index is 0.000000258. The molecule has 0 unspecified atom stereocenters. The number of rotatable bonds is 1. The average molecular weight is 308 g/mol. The molecule has 0 saturated heterocycles. The topological polar surface area (TPSA) is 101 Å². The minimum Gasteiger partial charge on any atom is -0.726 e. The Morgan fingerprint density at radius 3 is 2.47 bits per heavy atom. The number of fused-ring (bicyclic) bond motifs is 1. The number of nitrogen functional groups attached to an aromatic ring is 1. The molecule has 0 amide bonds. The molecule has 7 nitrogen and oxygen atoms in total. The molecule has 0 saturated carbocycles. The lowest BCUT2D eigenvalue weighted by Crippen LogP contribution is -2.26. The van der Waals surface area contributed by atoms with Crippen molar-refractivity contribution in [1.29, 1.82) is 0 Å². The van der Waals surface area contributed by atoms with Crippen molar-refractivity contribution in [2.24, 2.45) is 14.1 Å². The summed E-state index contributed by atoms with van der Waals surface area (Å²) >= 11 is 5.90. The van der Waals surface area contributed by atoms with E-state index < -0.39 is 10.4 Å². The normalized spacial score (nSPS) is 11.2. The second-order valence-corrected chi connectivity index (χ2v) is 5.36. The number of nitrogens with zero attached hydrogens (tertiary/aromatic N) is 2. The van der Waals surface area contributed by atoms with Crippen molar-refractivity contribution in [3.63, 3.8) is 0 Å². The second kappa shape index (κ2) is 5.74. The van der Waals surface area contributed by atoms with Crippen molar-refractivity contribution in [2.45, 2.75) is 0 Å². The molecular weight excluding hydrogens is 294 g/mol. The van der Waals surface area contributed by atoms with Gasteiger partial charge in [0.2, 0.25) is 16.7 Å². The predicted molar refractivity (Wildman–Crippen MR) is 70.2 cm³/mol. The third-order valence-corrected chi connectivity index (χ3v) is 2.99. The molecule has 9 heteroatoms. The minimum atomic E-state index is -4.41. The van der Waals surface area contributed by atoms with E-state index >= 15 is 0 Å². The van der Waals surface area contributed by atoms with Gasteiger partial charge in [0.1, 0.15) is 0 Å². The van der Waals surface area contributed by atoms with Crippen LogP contribution < -0.4 is 10.3 Å². The maximum atomic E-state index is 9.22. The van der Waals surface area contributed by atoms with E-state index in [-0.39, 0.29) is 0 Å². The van der Waals surface area contributed by atoms with E-state index in [0.29, 0.717) is 10.7 Å². The van der Waals surface area contributed by atoms with Crippen LogP contribution in [0.25, 0.3) is 11.0 Å². The monoisotopic (exact) mass is 307 g/mol. The van der Waals surface area contributed by atoms with Crippen molar-refractivity contribution < 1.29 is 21.7 Å². The van der Waals surface area contributed by atoms with Gasteiger partial charge in [-0.2, -0.15) is 0 Å². The first-order valence-electron chi connectivity index (χ1n) is 5.07. The molecule has 2 rings (SSSR count). The van der Waals surface area contributed by atoms with Gasteiger partial charge in [-0.15, -0.1) is 0 Å². The van der Waals surface area contributed by atoms with Crippen molar-refractivity contribution in [1.82, 2.24) is 4.57 Å². The largest absolute Gasteiger partial charge is 0.726 e. The van der Waals surface area contributed by atoms with Crippen molar-refractivity contribution in [2.75, 3.05) is 12.8 Å². The van der Waals surface area contributed by atoms with Gasteiger partial charge in [-0.25, -0.2) is 17.6 Å². The van der Waals surface area contributed by atoms with Crippen LogP contribution in [0.2, 0.25) is 5.02 Å². The Labute approximate surface area is 116 Å². The molecule has 0 aliphatic carbocycles. The third kappa shape index (κ3) is 4.06. The molecule has 0 spiro atoms. The summed E-state index contributed by atoms with van der Waals surface area (Å²) in [4.78, 5) is 0. The fourth-order valence-corrected chi connectivity index (χ4v) is 1.86. The van der Waals surface area contributed by atoms with Crippen LogP contribution in [0.3, 0.4) is 0 Å². The Bertz CT molecular complexity index is 696. The number of hydrogen-bond donors (Lipinski definition) is 1. The molecule has 0 atom stereocenters. The summed E-state index contributed by atoms with van der Waals surface area (Å²) in [6.45, 7) is 0. The summed E-state index contributed by atoms with van der Waals surface area (Å²) in [6.07, 6.45) is 1.97. The highest BCUT2D eigenvalue weighted by Crippen LogP contribution is 2.22. The van der Waals surface area contributed by atoms with Crippen LogP contribution in [0.1, 0.15) is 0 Å². The highest BCUT2D eigenvalue weighted by atomic mass is 35.5. The van der Waals surface area contributed by atoms with Gasteiger partial charge >= 0.3 is 0 Å². The average Bonchev–Trinajstić information content (AvgIpc) is 2.54. The van der Waals surface area contributed by atoms with E-state index in [0.717, 1.165) is 18.1 Å². The molecule has 0 aliphatic rings. The van der Waals surface area contributed by atoms with Crippen molar-refractivity contribution in [3.8, 4) is 0 Å². The SMILES string of the molecule is COS(=O)(=O)[O-].Cn1c[n+](C)c2c(N)cc(Cl)cc21. The standard InChI is InChI=1S/C9H11ClN3.CH4O4S/c1-12-5-13(2)9-7(11)3-6(10)4-8(9)12;1-5-6(2,3)4/h3-5H,11H2,1-2H3;1H3,(H,2,3,4)/q+1;/p-1. The number of anilines is 1. The summed E-state index contributed by atoms with van der Waals surface area (Å²) in [5.74, 6) is 0. The molecule has 2 N–H and O–H groups in total. The molecular formula is C10H14ClN3O4S. The molecule has 0 bridgehead atoms. The van der Waals surface area contributed by atoms with Gasteiger partial charge in [0, 0.05) is 11.1 Å². The molecule has 19 heavy (non-hydrogen) atoms. The zero-order chi connectivity index (χ0) is 14.8. The first kappa shape index (κ1) is 15.7. The summed E-state index contributed by atoms with van der Waals surface area (Å²) in [6, 6.07) is 3.68. The van der Waals surface area contributed by atoms with Crippen molar-refractivity contribution >= 4 is 38.7 Å². The third-order valence-electron chi connectivity index (χ3n) is 2.37. The fraction of sp³-hybridized carbons (Fsp3) is 0.300. The smallest absolute Gasteiger partial charge is 0.244 e. The van der Waals surface area contributed by atoms with E-state index in [4.69, 9.17) is 17.3 Å². The quantitative estimate of drug-likeness (QED) is 0.354. The Morgan fingerprint density at radius 2 is 2.00 bits per heavy atom. The zero-order valence-corrected chi connectivity index (χ0v) is 12.2. The van der Waals surface area contributed by atoms with Crippen LogP contribution in [-0.4, -0.2) is 24.6 Å². The van der Waals surface area contributed by atoms with Gasteiger partial charge in [-0.05, 0) is 6.07 Å². The van der Waals surface area contributed by atoms with Crippen LogP contribution in [0.15, 0.2) is 18.5 Å². The summed E-state index contributed by atoms with van der Waals surface area (Å²) < 4.78 is 35.0. The van der Waals surface area contributed by atoms with E-state index in [9.17, 15) is 13.0 Å². The van der Waals surface area contributed by atoms with Gasteiger partial charge < -0.3 is 10.3 Å². The molecule has 2 aromatic rings. The minimum absolute atomic E-state index is 0.673. The van der Waals surface area contributed by atoms with E-state index in [1.54, 1.807) is 6.07 Å². The lowest BCUT2D eigenvalue weighted by molar-refractivity contribution is -0.645. The molecule has 0 fully saturated rings. The molecule has 1 heterocycles. The maximum Gasteiger partial charge on any atom is 0.244 e. The molecule has 0 aliphatic heterocycles. The number of aromatic nitrogens is 2. The van der Waals surface area contributed by atoms with Gasteiger partial charge in [0.05, 0.1) is 26.9 Å². The summed E-state index contributed by atoms with van der Waals surface area (Å²) in [5.41, 5.74) is 8.64. The number of halogens is 1. The van der Waals surface area contributed by atoms with Gasteiger partial charge in [0.15, 0.2) is 11.0 Å². The van der Waals surface area contributed by atoms with Crippen LogP contribution >= 0.6 is 11.6 Å². The predicted octanol–water partition coefficient (Wildman–Crippen LogP) is 0.331. The van der Waals surface area contributed by atoms with Crippen LogP contribution in [0, 0.1) is 0 Å². The highest BCUT2D eigenvalue weighted by molar-refractivity contribution is 7.80. The second-order valence-electron chi connectivity index (χ2n) is 3.77. The van der Waals surface area contributed by atoms with Crippen molar-refractivity contribution in [3.05, 3.63) is 23.5 Å². The van der Waals surface area contributed by atoms with Gasteiger partial charge in [-0.3, -0.25) is 4.18 Å². The van der Waals surface area contributed by atoms with Crippen LogP contribution in [-0.2, 0) is 28.7 Å². The highest BCUT2D eigenvalue weighted by Gasteiger charge is 2.13. The van der Waals surface area contributed by atoms with Crippen LogP contribution in [0.5, 0.6) is 0 Å². The first-order valence-corrected chi connectivity index (χ1v) is 6.78. The van der Waals surface area contributed by atoms with E-state index in [1.807, 2.05) is 35.6 Å². The number of nitrogens with two attached hydrogens (primary N) is 1. The lowest BCUT2D eigenvalue weighted by atomic mass is 10.2. The number of imidazole rings is 1. The first-order chi connectivity index (χ1) is 8.65.